The molecule has 0 aliphatic carbocycles. The first-order valence-corrected chi connectivity index (χ1v) is 5.90. The molecule has 1 aromatic rings. The van der Waals surface area contributed by atoms with Gasteiger partial charge in [0.15, 0.2) is 0 Å². The summed E-state index contributed by atoms with van der Waals surface area (Å²) < 4.78 is 4.97. The summed E-state index contributed by atoms with van der Waals surface area (Å²) in [6.07, 6.45) is 1.62. The predicted octanol–water partition coefficient (Wildman–Crippen LogP) is 3.05. The van der Waals surface area contributed by atoms with Crippen LogP contribution in [0, 0.1) is 0 Å². The molecule has 0 fully saturated rings. The summed E-state index contributed by atoms with van der Waals surface area (Å²) in [6.45, 7) is 5.66. The summed E-state index contributed by atoms with van der Waals surface area (Å²) in [5.41, 5.74) is 2.63. The molecule has 1 rings (SSSR count). The van der Waals surface area contributed by atoms with Gasteiger partial charge in [-0.15, -0.1) is 17.5 Å². The third-order valence-corrected chi connectivity index (χ3v) is 2.92. The van der Waals surface area contributed by atoms with Crippen LogP contribution < -0.4 is 0 Å². The van der Waals surface area contributed by atoms with Crippen LogP contribution in [0.3, 0.4) is 0 Å². The van der Waals surface area contributed by atoms with Gasteiger partial charge in [-0.05, 0) is 25.1 Å². The Morgan fingerprint density at radius 1 is 1.56 bits per heavy atom. The number of ether oxygens (including phenoxy) is 1. The zero-order valence-corrected chi connectivity index (χ0v) is 10.00. The molecule has 0 spiro atoms. The van der Waals surface area contributed by atoms with E-state index in [9.17, 15) is 4.79 Å². The quantitative estimate of drug-likeness (QED) is 0.445. The van der Waals surface area contributed by atoms with E-state index in [1.54, 1.807) is 13.0 Å². The summed E-state index contributed by atoms with van der Waals surface area (Å²) in [4.78, 5) is 12.6. The fourth-order valence-corrected chi connectivity index (χ4v) is 2.06. The van der Waals surface area contributed by atoms with Gasteiger partial charge in [0.25, 0.3) is 0 Å². The molecule has 1 aromatic carbocycles. The lowest BCUT2D eigenvalue weighted by molar-refractivity contribution is -0.141. The van der Waals surface area contributed by atoms with Crippen molar-refractivity contribution in [2.24, 2.45) is 0 Å². The molecule has 2 nitrogen and oxygen atoms in total. The maximum absolute atomic E-state index is 11.6. The van der Waals surface area contributed by atoms with Crippen LogP contribution in [0.2, 0.25) is 0 Å². The van der Waals surface area contributed by atoms with Gasteiger partial charge in [0.1, 0.15) is 5.25 Å². The van der Waals surface area contributed by atoms with Crippen LogP contribution in [0.25, 0.3) is 0 Å². The van der Waals surface area contributed by atoms with E-state index in [2.05, 4.69) is 12.3 Å². The van der Waals surface area contributed by atoms with Gasteiger partial charge in [-0.2, -0.15) is 0 Å². The van der Waals surface area contributed by atoms with Crippen LogP contribution in [0.1, 0.15) is 6.92 Å². The minimum atomic E-state index is -0.375. The van der Waals surface area contributed by atoms with E-state index in [-0.39, 0.29) is 11.2 Å². The Kier molecular flexibility index (Phi) is 5.48. The molecular formula is C13H14O2S. The minimum absolute atomic E-state index is 0.257. The van der Waals surface area contributed by atoms with Gasteiger partial charge < -0.3 is 4.74 Å². The normalized spacial score (nSPS) is 11.3. The third-order valence-electron chi connectivity index (χ3n) is 1.79. The molecule has 0 aromatic heterocycles. The monoisotopic (exact) mass is 234 g/mol. The summed E-state index contributed by atoms with van der Waals surface area (Å²) >= 11 is 1.43. The van der Waals surface area contributed by atoms with Gasteiger partial charge in [-0.25, -0.2) is 0 Å². The fraction of sp³-hybridized carbons (Fsp3) is 0.231. The number of hydrogen-bond donors (Lipinski definition) is 0. The maximum atomic E-state index is 11.6. The molecule has 0 heterocycles. The molecule has 0 saturated carbocycles. The van der Waals surface area contributed by atoms with E-state index in [4.69, 9.17) is 4.74 Å². The Labute approximate surface area is 100 Å². The van der Waals surface area contributed by atoms with Crippen molar-refractivity contribution in [2.45, 2.75) is 17.1 Å². The highest BCUT2D eigenvalue weighted by Crippen LogP contribution is 2.24. The molecule has 1 atom stereocenters. The molecular weight excluding hydrogens is 220 g/mol. The van der Waals surface area contributed by atoms with Gasteiger partial charge in [-0.1, -0.05) is 24.8 Å². The van der Waals surface area contributed by atoms with E-state index in [1.807, 2.05) is 30.3 Å². The third kappa shape index (κ3) is 3.97. The van der Waals surface area contributed by atoms with Gasteiger partial charge in [0.05, 0.1) is 6.61 Å². The Morgan fingerprint density at radius 3 is 2.81 bits per heavy atom. The van der Waals surface area contributed by atoms with Gasteiger partial charge in [0, 0.05) is 4.90 Å². The smallest absolute Gasteiger partial charge is 0.323 e. The first-order chi connectivity index (χ1) is 7.77. The van der Waals surface area contributed by atoms with Gasteiger partial charge in [0.2, 0.25) is 0 Å². The zero-order valence-electron chi connectivity index (χ0n) is 9.18. The van der Waals surface area contributed by atoms with Crippen molar-refractivity contribution in [1.29, 1.82) is 0 Å². The molecule has 0 N–H and O–H groups in total. The summed E-state index contributed by atoms with van der Waals surface area (Å²) in [5, 5.41) is -0.375. The van der Waals surface area contributed by atoms with Crippen molar-refractivity contribution in [3.8, 4) is 0 Å². The van der Waals surface area contributed by atoms with Crippen molar-refractivity contribution in [3.05, 3.63) is 48.7 Å². The lowest BCUT2D eigenvalue weighted by atomic mass is 10.4. The molecule has 0 amide bonds. The maximum Gasteiger partial charge on any atom is 0.323 e. The molecule has 0 bridgehead atoms. The van der Waals surface area contributed by atoms with Crippen LogP contribution in [0.5, 0.6) is 0 Å². The first-order valence-electron chi connectivity index (χ1n) is 5.02. The van der Waals surface area contributed by atoms with E-state index in [1.165, 1.54) is 11.8 Å². The van der Waals surface area contributed by atoms with Crippen molar-refractivity contribution >= 4 is 17.7 Å². The van der Waals surface area contributed by atoms with Crippen LogP contribution in [0.4, 0.5) is 0 Å². The first kappa shape index (κ1) is 12.6. The Morgan fingerprint density at radius 2 is 2.25 bits per heavy atom. The number of rotatable bonds is 5. The Hall–Kier alpha value is -1.44. The lowest BCUT2D eigenvalue weighted by Gasteiger charge is -2.10. The summed E-state index contributed by atoms with van der Waals surface area (Å²) in [5.74, 6) is -0.257. The molecule has 0 aliphatic rings. The molecule has 0 saturated heterocycles. The van der Waals surface area contributed by atoms with Crippen LogP contribution in [-0.2, 0) is 9.53 Å². The number of esters is 1. The lowest BCUT2D eigenvalue weighted by Crippen LogP contribution is -2.17. The van der Waals surface area contributed by atoms with Crippen LogP contribution in [-0.4, -0.2) is 17.8 Å². The summed E-state index contributed by atoms with van der Waals surface area (Å²) in [6, 6.07) is 9.71. The molecule has 84 valence electrons. The Balaban J connectivity index is 2.72. The average Bonchev–Trinajstić information content (AvgIpc) is 2.30. The van der Waals surface area contributed by atoms with Crippen molar-refractivity contribution in [1.82, 2.24) is 0 Å². The fourth-order valence-electron chi connectivity index (χ4n) is 1.13. The number of benzene rings is 1. The summed E-state index contributed by atoms with van der Waals surface area (Å²) in [7, 11) is 0. The highest BCUT2D eigenvalue weighted by molar-refractivity contribution is 8.00. The van der Waals surface area contributed by atoms with E-state index in [0.717, 1.165) is 4.90 Å². The van der Waals surface area contributed by atoms with E-state index < -0.39 is 0 Å². The second-order valence-corrected chi connectivity index (χ2v) is 4.19. The number of carbonyl (C=O) groups is 1. The zero-order chi connectivity index (χ0) is 11.8. The van der Waals surface area contributed by atoms with Gasteiger partial charge in [-0.3, -0.25) is 4.79 Å². The standard InChI is InChI=1S/C13H14O2S/c1-3-8-12(13(14)15-4-2)16-11-9-6-5-7-10-11/h5-10,12H,1,4H2,2H3. The number of hydrogen-bond acceptors (Lipinski definition) is 3. The highest BCUT2D eigenvalue weighted by Gasteiger charge is 2.17. The average molecular weight is 234 g/mol. The molecule has 3 heteroatoms. The second-order valence-electron chi connectivity index (χ2n) is 2.97. The van der Waals surface area contributed by atoms with Crippen molar-refractivity contribution in [2.75, 3.05) is 6.61 Å². The largest absolute Gasteiger partial charge is 0.465 e. The van der Waals surface area contributed by atoms with Crippen molar-refractivity contribution in [3.63, 3.8) is 0 Å². The number of carbonyl (C=O) groups excluding carboxylic acids is 1. The molecule has 0 aliphatic heterocycles. The van der Waals surface area contributed by atoms with Crippen molar-refractivity contribution < 1.29 is 9.53 Å². The number of thioether (sulfide) groups is 1. The van der Waals surface area contributed by atoms with E-state index in [0.29, 0.717) is 6.61 Å². The van der Waals surface area contributed by atoms with Crippen LogP contribution >= 0.6 is 11.8 Å². The Bertz CT molecular complexity index is 380. The SMILES string of the molecule is C=C=CC(Sc1ccccc1)C(=O)OCC. The van der Waals surface area contributed by atoms with Crippen LogP contribution in [0.15, 0.2) is 53.6 Å². The predicted molar refractivity (Wildman–Crippen MR) is 66.4 cm³/mol. The highest BCUT2D eigenvalue weighted by atomic mass is 32.2. The molecule has 16 heavy (non-hydrogen) atoms. The topological polar surface area (TPSA) is 26.3 Å². The second kappa shape index (κ2) is 6.94. The minimum Gasteiger partial charge on any atom is -0.465 e. The molecule has 0 radical (unpaired) electrons. The van der Waals surface area contributed by atoms with Gasteiger partial charge >= 0.3 is 5.97 Å². The van der Waals surface area contributed by atoms with E-state index >= 15 is 0 Å². The molecule has 1 unspecified atom stereocenters.